The third-order valence-corrected chi connectivity index (χ3v) is 5.77. The Morgan fingerprint density at radius 3 is 2.44 bits per heavy atom. The van der Waals surface area contributed by atoms with Crippen molar-refractivity contribution in [2.45, 2.75) is 38.0 Å². The van der Waals surface area contributed by atoms with Crippen LogP contribution in [0.4, 0.5) is 5.69 Å². The van der Waals surface area contributed by atoms with Gasteiger partial charge in [0.05, 0.1) is 16.6 Å². The van der Waals surface area contributed by atoms with Crippen LogP contribution < -0.4 is 9.47 Å². The SMILES string of the molecule is O=C(/C=C/c1cc2c(cc1[N+](=O)[O-])OCO2)OCC(=O)c1ccc(C2CCCCC2)cc1. The lowest BCUT2D eigenvalue weighted by Gasteiger charge is -2.22. The molecule has 0 unspecified atom stereocenters. The van der Waals surface area contributed by atoms with Crippen LogP contribution >= 0.6 is 0 Å². The molecule has 32 heavy (non-hydrogen) atoms. The first-order valence-electron chi connectivity index (χ1n) is 10.6. The molecule has 8 nitrogen and oxygen atoms in total. The number of nitrogens with zero attached hydrogens (tertiary/aromatic N) is 1. The van der Waals surface area contributed by atoms with Crippen molar-refractivity contribution in [2.24, 2.45) is 0 Å². The summed E-state index contributed by atoms with van der Waals surface area (Å²) in [6.07, 6.45) is 8.43. The van der Waals surface area contributed by atoms with Crippen molar-refractivity contribution in [3.05, 3.63) is 69.3 Å². The third-order valence-electron chi connectivity index (χ3n) is 5.77. The molecule has 166 valence electrons. The summed E-state index contributed by atoms with van der Waals surface area (Å²) in [7, 11) is 0. The van der Waals surface area contributed by atoms with Gasteiger partial charge in [0, 0.05) is 11.6 Å². The van der Waals surface area contributed by atoms with Crippen LogP contribution in [-0.4, -0.2) is 30.1 Å². The number of esters is 1. The number of hydrogen-bond acceptors (Lipinski definition) is 7. The second kappa shape index (κ2) is 9.64. The number of Topliss-reactive ketones (excluding diaryl/α,β-unsaturated/α-hetero) is 1. The predicted octanol–water partition coefficient (Wildman–Crippen LogP) is 4.81. The fraction of sp³-hybridized carbons (Fsp3) is 0.333. The van der Waals surface area contributed by atoms with E-state index in [0.717, 1.165) is 6.08 Å². The monoisotopic (exact) mass is 437 g/mol. The number of ketones is 1. The first kappa shape index (κ1) is 21.5. The zero-order valence-electron chi connectivity index (χ0n) is 17.5. The molecular weight excluding hydrogens is 414 g/mol. The fourth-order valence-corrected chi connectivity index (χ4v) is 4.04. The Labute approximate surface area is 184 Å². The molecule has 0 atom stereocenters. The summed E-state index contributed by atoms with van der Waals surface area (Å²) < 4.78 is 15.4. The maximum atomic E-state index is 12.4. The average molecular weight is 437 g/mol. The molecule has 1 heterocycles. The second-order valence-corrected chi connectivity index (χ2v) is 7.84. The van der Waals surface area contributed by atoms with Crippen LogP contribution in [0.5, 0.6) is 11.5 Å². The van der Waals surface area contributed by atoms with Gasteiger partial charge < -0.3 is 14.2 Å². The zero-order chi connectivity index (χ0) is 22.5. The Kier molecular flexibility index (Phi) is 6.49. The van der Waals surface area contributed by atoms with Crippen LogP contribution in [-0.2, 0) is 9.53 Å². The number of ether oxygens (including phenoxy) is 3. The van der Waals surface area contributed by atoms with E-state index in [4.69, 9.17) is 14.2 Å². The maximum Gasteiger partial charge on any atom is 0.331 e. The van der Waals surface area contributed by atoms with Gasteiger partial charge in [-0.25, -0.2) is 4.79 Å². The van der Waals surface area contributed by atoms with Gasteiger partial charge in [-0.2, -0.15) is 0 Å². The molecule has 1 aliphatic heterocycles. The highest BCUT2D eigenvalue weighted by Gasteiger charge is 2.22. The summed E-state index contributed by atoms with van der Waals surface area (Å²) >= 11 is 0. The number of hydrogen-bond donors (Lipinski definition) is 0. The normalized spacial score (nSPS) is 15.6. The molecule has 0 amide bonds. The van der Waals surface area contributed by atoms with E-state index >= 15 is 0 Å². The molecular formula is C24H23NO7. The first-order chi connectivity index (χ1) is 15.5. The molecule has 0 bridgehead atoms. The van der Waals surface area contributed by atoms with E-state index in [0.29, 0.717) is 17.2 Å². The van der Waals surface area contributed by atoms with Crippen molar-refractivity contribution in [3.63, 3.8) is 0 Å². The molecule has 8 heteroatoms. The Morgan fingerprint density at radius 2 is 1.75 bits per heavy atom. The van der Waals surface area contributed by atoms with E-state index in [1.165, 1.54) is 55.9 Å². The molecule has 2 aromatic carbocycles. The molecule has 1 aliphatic carbocycles. The van der Waals surface area contributed by atoms with E-state index in [9.17, 15) is 19.7 Å². The van der Waals surface area contributed by atoms with Crippen LogP contribution in [0.25, 0.3) is 6.08 Å². The number of carbonyl (C=O) groups is 2. The van der Waals surface area contributed by atoms with Gasteiger partial charge in [0.1, 0.15) is 0 Å². The highest BCUT2D eigenvalue weighted by Crippen LogP contribution is 2.38. The number of nitro groups is 1. The van der Waals surface area contributed by atoms with Crippen LogP contribution in [0.3, 0.4) is 0 Å². The smallest absolute Gasteiger partial charge is 0.331 e. The predicted molar refractivity (Wildman–Crippen MR) is 116 cm³/mol. The summed E-state index contributed by atoms with van der Waals surface area (Å²) in [5, 5.41) is 11.3. The maximum absolute atomic E-state index is 12.4. The van der Waals surface area contributed by atoms with Crippen LogP contribution in [0.15, 0.2) is 42.5 Å². The van der Waals surface area contributed by atoms with E-state index in [1.807, 2.05) is 12.1 Å². The Bertz CT molecular complexity index is 1050. The number of benzene rings is 2. The summed E-state index contributed by atoms with van der Waals surface area (Å²) in [4.78, 5) is 35.1. The molecule has 2 aromatic rings. The third kappa shape index (κ3) is 4.96. The van der Waals surface area contributed by atoms with E-state index in [1.54, 1.807) is 12.1 Å². The number of carbonyl (C=O) groups excluding carboxylic acids is 2. The van der Waals surface area contributed by atoms with Gasteiger partial charge in [-0.15, -0.1) is 0 Å². The summed E-state index contributed by atoms with van der Waals surface area (Å²) in [6, 6.07) is 10.2. The van der Waals surface area contributed by atoms with E-state index < -0.39 is 17.5 Å². The minimum absolute atomic E-state index is 0.0224. The summed E-state index contributed by atoms with van der Waals surface area (Å²) in [5.41, 5.74) is 1.66. The van der Waals surface area contributed by atoms with Gasteiger partial charge in [0.15, 0.2) is 23.9 Å². The average Bonchev–Trinajstić information content (AvgIpc) is 3.28. The second-order valence-electron chi connectivity index (χ2n) is 7.84. The zero-order valence-corrected chi connectivity index (χ0v) is 17.5. The summed E-state index contributed by atoms with van der Waals surface area (Å²) in [6.45, 7) is -0.430. The standard InChI is InChI=1S/C24H23NO7/c26-21(18-8-6-17(7-9-18)16-4-2-1-3-5-16)14-30-24(27)11-10-19-12-22-23(32-15-31-22)13-20(19)25(28)29/h6-13,16H,1-5,14-15H2/b11-10+. The lowest BCUT2D eigenvalue weighted by Crippen LogP contribution is -2.13. The molecule has 0 saturated heterocycles. The van der Waals surface area contributed by atoms with Gasteiger partial charge in [-0.05, 0) is 36.5 Å². The van der Waals surface area contributed by atoms with Gasteiger partial charge in [-0.1, -0.05) is 43.5 Å². The molecule has 4 rings (SSSR count). The van der Waals surface area contributed by atoms with E-state index in [-0.39, 0.29) is 29.6 Å². The van der Waals surface area contributed by atoms with Gasteiger partial charge >= 0.3 is 5.97 Å². The lowest BCUT2D eigenvalue weighted by molar-refractivity contribution is -0.385. The molecule has 1 saturated carbocycles. The van der Waals surface area contributed by atoms with Gasteiger partial charge in [-0.3, -0.25) is 14.9 Å². The minimum Gasteiger partial charge on any atom is -0.454 e. The van der Waals surface area contributed by atoms with Crippen molar-refractivity contribution in [2.75, 3.05) is 13.4 Å². The highest BCUT2D eigenvalue weighted by molar-refractivity contribution is 5.99. The van der Waals surface area contributed by atoms with Crippen molar-refractivity contribution in [1.29, 1.82) is 0 Å². The quantitative estimate of drug-likeness (QED) is 0.201. The molecule has 2 aliphatic rings. The summed E-state index contributed by atoms with van der Waals surface area (Å²) in [5.74, 6) is 0.100. The first-order valence-corrected chi connectivity index (χ1v) is 10.6. The van der Waals surface area contributed by atoms with Crippen molar-refractivity contribution in [3.8, 4) is 11.5 Å². The molecule has 1 fully saturated rings. The number of nitro benzene ring substituents is 1. The molecule has 0 N–H and O–H groups in total. The van der Waals surface area contributed by atoms with Crippen LogP contribution in [0.2, 0.25) is 0 Å². The fourth-order valence-electron chi connectivity index (χ4n) is 4.04. The van der Waals surface area contributed by atoms with Crippen molar-refractivity contribution in [1.82, 2.24) is 0 Å². The molecule has 0 radical (unpaired) electrons. The van der Waals surface area contributed by atoms with Crippen molar-refractivity contribution < 1.29 is 28.7 Å². The topological polar surface area (TPSA) is 105 Å². The van der Waals surface area contributed by atoms with Gasteiger partial charge in [0.25, 0.3) is 5.69 Å². The Hall–Kier alpha value is -3.68. The highest BCUT2D eigenvalue weighted by atomic mass is 16.7. The van der Waals surface area contributed by atoms with Crippen LogP contribution in [0, 0.1) is 10.1 Å². The molecule has 0 aromatic heterocycles. The van der Waals surface area contributed by atoms with Crippen molar-refractivity contribution >= 4 is 23.5 Å². The minimum atomic E-state index is -0.774. The van der Waals surface area contributed by atoms with E-state index in [2.05, 4.69) is 0 Å². The molecule has 0 spiro atoms. The number of rotatable bonds is 7. The lowest BCUT2D eigenvalue weighted by atomic mass is 9.84. The Morgan fingerprint density at radius 1 is 1.06 bits per heavy atom. The van der Waals surface area contributed by atoms with Crippen LogP contribution in [0.1, 0.15) is 59.5 Å². The Balaban J connectivity index is 1.34. The number of fused-ring (bicyclic) bond motifs is 1. The van der Waals surface area contributed by atoms with Gasteiger partial charge in [0.2, 0.25) is 6.79 Å². The largest absolute Gasteiger partial charge is 0.454 e.